The second kappa shape index (κ2) is 8.71. The van der Waals surface area contributed by atoms with E-state index in [9.17, 15) is 13.2 Å². The van der Waals surface area contributed by atoms with Gasteiger partial charge in [0.15, 0.2) is 0 Å². The number of hydrogen-bond donors (Lipinski definition) is 1. The number of aromatic nitrogens is 1. The van der Waals surface area contributed by atoms with Gasteiger partial charge in [0.05, 0.1) is 21.7 Å². The summed E-state index contributed by atoms with van der Waals surface area (Å²) in [6.45, 7) is 3.70. The van der Waals surface area contributed by atoms with Crippen LogP contribution in [-0.2, 0) is 14.8 Å². The number of benzene rings is 2. The van der Waals surface area contributed by atoms with Crippen molar-refractivity contribution in [2.24, 2.45) is 0 Å². The van der Waals surface area contributed by atoms with Crippen molar-refractivity contribution in [1.82, 2.24) is 14.6 Å². The molecule has 2 heterocycles. The monoisotopic (exact) mass is 445 g/mol. The normalized spacial score (nSPS) is 14.6. The lowest BCUT2D eigenvalue weighted by Gasteiger charge is -2.38. The van der Waals surface area contributed by atoms with E-state index in [0.29, 0.717) is 25.4 Å². The third kappa shape index (κ3) is 4.48. The molecule has 158 valence electrons. The molecule has 0 radical (unpaired) electrons. The summed E-state index contributed by atoms with van der Waals surface area (Å²) >= 11 is 1.67. The number of sulfonamides is 1. The average molecular weight is 446 g/mol. The quantitative estimate of drug-likeness (QED) is 0.576. The number of hydrogen-bond acceptors (Lipinski definition) is 6. The Hall–Kier alpha value is -2.49. The van der Waals surface area contributed by atoms with Crippen LogP contribution in [0.15, 0.2) is 53.4 Å². The smallest absolute Gasteiger partial charge is 0.240 e. The van der Waals surface area contributed by atoms with Crippen LogP contribution in [0, 0.1) is 0 Å². The summed E-state index contributed by atoms with van der Waals surface area (Å²) in [7, 11) is -3.66. The number of carbonyl (C=O) groups is 1. The van der Waals surface area contributed by atoms with Gasteiger partial charge in [0.25, 0.3) is 0 Å². The summed E-state index contributed by atoms with van der Waals surface area (Å²) in [4.78, 5) is 18.9. The zero-order valence-corrected chi connectivity index (χ0v) is 18.2. The fourth-order valence-electron chi connectivity index (χ4n) is 3.32. The van der Waals surface area contributed by atoms with Gasteiger partial charge in [-0.25, -0.2) is 18.1 Å². The Morgan fingerprint density at radius 3 is 2.63 bits per heavy atom. The van der Waals surface area contributed by atoms with Gasteiger partial charge in [0.1, 0.15) is 10.8 Å². The van der Waals surface area contributed by atoms with Crippen molar-refractivity contribution in [3.8, 4) is 5.75 Å². The highest BCUT2D eigenvalue weighted by atomic mass is 32.2. The van der Waals surface area contributed by atoms with Gasteiger partial charge in [-0.2, -0.15) is 0 Å². The molecule has 4 rings (SSSR count). The first-order valence-corrected chi connectivity index (χ1v) is 12.1. The lowest BCUT2D eigenvalue weighted by molar-refractivity contribution is -0.135. The number of fused-ring (bicyclic) bond motifs is 1. The molecule has 1 aromatic heterocycles. The molecule has 1 fully saturated rings. The average Bonchev–Trinajstić information content (AvgIpc) is 3.11. The van der Waals surface area contributed by atoms with E-state index in [-0.39, 0.29) is 29.7 Å². The van der Waals surface area contributed by atoms with Gasteiger partial charge >= 0.3 is 0 Å². The molecule has 0 spiro atoms. The van der Waals surface area contributed by atoms with Crippen molar-refractivity contribution < 1.29 is 17.9 Å². The van der Waals surface area contributed by atoms with Gasteiger partial charge < -0.3 is 9.64 Å². The van der Waals surface area contributed by atoms with Gasteiger partial charge in [-0.1, -0.05) is 12.1 Å². The van der Waals surface area contributed by atoms with Crippen LogP contribution in [-0.4, -0.2) is 50.5 Å². The molecule has 0 bridgehead atoms. The first-order chi connectivity index (χ1) is 14.5. The van der Waals surface area contributed by atoms with Crippen LogP contribution in [0.5, 0.6) is 5.75 Å². The van der Waals surface area contributed by atoms with Gasteiger partial charge in [0.2, 0.25) is 15.9 Å². The molecular formula is C21H23N3O4S2. The van der Waals surface area contributed by atoms with E-state index in [2.05, 4.69) is 15.8 Å². The van der Waals surface area contributed by atoms with E-state index in [1.54, 1.807) is 28.4 Å². The second-order valence-corrected chi connectivity index (χ2v) is 9.90. The number of para-hydroxylation sites is 1. The minimum Gasteiger partial charge on any atom is -0.494 e. The largest absolute Gasteiger partial charge is 0.494 e. The molecule has 1 aliphatic rings. The van der Waals surface area contributed by atoms with E-state index in [1.165, 1.54) is 12.1 Å². The van der Waals surface area contributed by atoms with Crippen molar-refractivity contribution in [2.75, 3.05) is 26.2 Å². The zero-order valence-electron chi connectivity index (χ0n) is 16.6. The molecule has 2 aromatic carbocycles. The van der Waals surface area contributed by atoms with E-state index in [4.69, 9.17) is 4.74 Å². The summed E-state index contributed by atoms with van der Waals surface area (Å²) in [5, 5.41) is 1.05. The van der Waals surface area contributed by atoms with E-state index >= 15 is 0 Å². The van der Waals surface area contributed by atoms with Crippen LogP contribution in [0.3, 0.4) is 0 Å². The number of ether oxygens (including phenoxy) is 1. The lowest BCUT2D eigenvalue weighted by Crippen LogP contribution is -2.49. The summed E-state index contributed by atoms with van der Waals surface area (Å²) < 4.78 is 33.7. The van der Waals surface area contributed by atoms with Crippen LogP contribution in [0.4, 0.5) is 0 Å². The van der Waals surface area contributed by atoms with Crippen LogP contribution in [0.2, 0.25) is 0 Å². The highest BCUT2D eigenvalue weighted by Gasteiger charge is 2.33. The fraction of sp³-hybridized carbons (Fsp3) is 0.333. The maximum atomic E-state index is 12.4. The maximum Gasteiger partial charge on any atom is 0.240 e. The Morgan fingerprint density at radius 2 is 1.93 bits per heavy atom. The molecule has 1 saturated heterocycles. The zero-order chi connectivity index (χ0) is 21.1. The third-order valence-electron chi connectivity index (χ3n) is 4.97. The van der Waals surface area contributed by atoms with Crippen LogP contribution in [0.1, 0.15) is 24.3 Å². The molecule has 0 unspecified atom stereocenters. The Balaban J connectivity index is 1.25. The van der Waals surface area contributed by atoms with E-state index in [1.807, 2.05) is 25.1 Å². The number of thiazole rings is 1. The predicted octanol–water partition coefficient (Wildman–Crippen LogP) is 2.99. The lowest BCUT2D eigenvalue weighted by atomic mass is 10.0. The van der Waals surface area contributed by atoms with Gasteiger partial charge in [0, 0.05) is 32.0 Å². The molecule has 1 aliphatic heterocycles. The van der Waals surface area contributed by atoms with Crippen molar-refractivity contribution >= 4 is 37.5 Å². The number of amides is 1. The van der Waals surface area contributed by atoms with Crippen molar-refractivity contribution in [2.45, 2.75) is 24.2 Å². The Morgan fingerprint density at radius 1 is 1.20 bits per heavy atom. The number of rotatable bonds is 8. The van der Waals surface area contributed by atoms with Gasteiger partial charge in [-0.15, -0.1) is 11.3 Å². The minimum atomic E-state index is -3.66. The van der Waals surface area contributed by atoms with E-state index < -0.39 is 10.0 Å². The first-order valence-electron chi connectivity index (χ1n) is 9.82. The molecule has 1 N–H and O–H groups in total. The number of nitrogens with one attached hydrogen (secondary N) is 1. The first kappa shape index (κ1) is 20.8. The Bertz CT molecular complexity index is 1100. The van der Waals surface area contributed by atoms with Crippen LogP contribution in [0.25, 0.3) is 10.2 Å². The van der Waals surface area contributed by atoms with Crippen molar-refractivity contribution in [1.29, 1.82) is 0 Å². The Kier molecular flexibility index (Phi) is 6.03. The molecule has 0 saturated carbocycles. The topological polar surface area (TPSA) is 88.6 Å². The summed E-state index contributed by atoms with van der Waals surface area (Å²) in [5.74, 6) is 0.820. The SMILES string of the molecule is CCOc1ccc(S(=O)(=O)NCCC(=O)N2CC(c3nc4ccccc4s3)C2)cc1. The van der Waals surface area contributed by atoms with E-state index in [0.717, 1.165) is 15.2 Å². The summed E-state index contributed by atoms with van der Waals surface area (Å²) in [6.07, 6.45) is 0.128. The number of likely N-dealkylation sites (tertiary alicyclic amines) is 1. The van der Waals surface area contributed by atoms with Crippen molar-refractivity contribution in [3.63, 3.8) is 0 Å². The molecule has 0 atom stereocenters. The maximum absolute atomic E-state index is 12.4. The minimum absolute atomic E-state index is 0.0539. The third-order valence-corrected chi connectivity index (χ3v) is 7.65. The molecule has 30 heavy (non-hydrogen) atoms. The number of carbonyl (C=O) groups excluding carboxylic acids is 1. The summed E-state index contributed by atoms with van der Waals surface area (Å²) in [5.41, 5.74) is 0.992. The molecule has 7 nitrogen and oxygen atoms in total. The molecule has 9 heteroatoms. The molecule has 1 amide bonds. The second-order valence-electron chi connectivity index (χ2n) is 7.07. The fourth-order valence-corrected chi connectivity index (χ4v) is 5.40. The highest BCUT2D eigenvalue weighted by Crippen LogP contribution is 2.33. The van der Waals surface area contributed by atoms with Gasteiger partial charge in [-0.3, -0.25) is 4.79 Å². The number of nitrogens with zero attached hydrogens (tertiary/aromatic N) is 2. The van der Waals surface area contributed by atoms with Gasteiger partial charge in [-0.05, 0) is 43.3 Å². The molecular weight excluding hydrogens is 422 g/mol. The van der Waals surface area contributed by atoms with Crippen LogP contribution < -0.4 is 9.46 Å². The predicted molar refractivity (Wildman–Crippen MR) is 116 cm³/mol. The van der Waals surface area contributed by atoms with Crippen LogP contribution >= 0.6 is 11.3 Å². The Labute approximate surface area is 179 Å². The molecule has 0 aliphatic carbocycles. The highest BCUT2D eigenvalue weighted by molar-refractivity contribution is 7.89. The van der Waals surface area contributed by atoms with Crippen molar-refractivity contribution in [3.05, 3.63) is 53.5 Å². The summed E-state index contributed by atoms with van der Waals surface area (Å²) in [6, 6.07) is 14.2. The molecule has 3 aromatic rings. The standard InChI is InChI=1S/C21H23N3O4S2/c1-2-28-16-7-9-17(10-8-16)30(26,27)22-12-11-20(25)24-13-15(14-24)21-23-18-5-3-4-6-19(18)29-21/h3-10,15,22H,2,11-14H2,1H3.